The number of hydrogen-bond acceptors (Lipinski definition) is 4. The summed E-state index contributed by atoms with van der Waals surface area (Å²) in [5.41, 5.74) is 0.653. The van der Waals surface area contributed by atoms with Crippen LogP contribution in [0, 0.1) is 0 Å². The van der Waals surface area contributed by atoms with Gasteiger partial charge in [0.2, 0.25) is 0 Å². The molecule has 0 aliphatic carbocycles. The molecule has 2 N–H and O–H groups in total. The molecule has 0 spiro atoms. The fourth-order valence-electron chi connectivity index (χ4n) is 1.05. The fraction of sp³-hybridized carbons (Fsp3) is 0.364. The van der Waals surface area contributed by atoms with Gasteiger partial charge in [-0.2, -0.15) is 0 Å². The van der Waals surface area contributed by atoms with Crippen LogP contribution in [0.5, 0.6) is 0 Å². The van der Waals surface area contributed by atoms with Crippen LogP contribution in [0.2, 0.25) is 0 Å². The maximum absolute atomic E-state index is 8.05. The number of hydrogen-bond donors (Lipinski definition) is 2. The first kappa shape index (κ1) is 14.9. The molecule has 1 aromatic heterocycles. The second-order valence-electron chi connectivity index (χ2n) is 3.19. The largest absolute Gasteiger partial charge is 0.411 e. The summed E-state index contributed by atoms with van der Waals surface area (Å²) in [6.45, 7) is 0. The number of oxime groups is 1. The number of nitrogens with zero attached hydrogens (tertiary/aromatic N) is 4. The van der Waals surface area contributed by atoms with Crippen LogP contribution in [0.3, 0.4) is 0 Å². The minimum absolute atomic E-state index is 0.653. The number of aromatic nitrogens is 1. The Balaban J connectivity index is 0.000000304. The highest BCUT2D eigenvalue weighted by atomic mass is 16.4. The Bertz CT molecular complexity index is 348. The van der Waals surface area contributed by atoms with Gasteiger partial charge in [0.15, 0.2) is 5.96 Å². The van der Waals surface area contributed by atoms with E-state index in [1.807, 2.05) is 32.1 Å². The van der Waals surface area contributed by atoms with Crippen molar-refractivity contribution in [3.8, 4) is 0 Å². The molecule has 94 valence electrons. The molecule has 0 unspecified atom stereocenters. The van der Waals surface area contributed by atoms with Gasteiger partial charge in [-0.1, -0.05) is 11.2 Å². The van der Waals surface area contributed by atoms with Crippen LogP contribution in [-0.4, -0.2) is 55.5 Å². The van der Waals surface area contributed by atoms with Gasteiger partial charge in [-0.25, -0.2) is 0 Å². The Kier molecular flexibility index (Phi) is 8.01. The Labute approximate surface area is 102 Å². The summed E-state index contributed by atoms with van der Waals surface area (Å²) in [7, 11) is 7.49. The van der Waals surface area contributed by atoms with E-state index in [1.54, 1.807) is 25.4 Å². The van der Waals surface area contributed by atoms with Crippen LogP contribution in [-0.2, 0) is 0 Å². The third-order valence-corrected chi connectivity index (χ3v) is 1.74. The highest BCUT2D eigenvalue weighted by molar-refractivity contribution is 5.78. The van der Waals surface area contributed by atoms with Crippen LogP contribution < -0.4 is 5.32 Å². The molecule has 6 heteroatoms. The summed E-state index contributed by atoms with van der Waals surface area (Å²) in [6.07, 6.45) is 2.91. The van der Waals surface area contributed by atoms with Crippen LogP contribution in [0.15, 0.2) is 34.5 Å². The van der Waals surface area contributed by atoms with Crippen molar-refractivity contribution in [3.05, 3.63) is 30.1 Å². The van der Waals surface area contributed by atoms with Gasteiger partial charge in [0, 0.05) is 34.4 Å². The lowest BCUT2D eigenvalue weighted by Crippen LogP contribution is -2.33. The summed E-state index contributed by atoms with van der Waals surface area (Å²) < 4.78 is 0. The first-order chi connectivity index (χ1) is 8.15. The summed E-state index contributed by atoms with van der Waals surface area (Å²) >= 11 is 0. The zero-order valence-corrected chi connectivity index (χ0v) is 10.6. The van der Waals surface area contributed by atoms with Crippen molar-refractivity contribution in [2.75, 3.05) is 28.2 Å². The van der Waals surface area contributed by atoms with E-state index < -0.39 is 0 Å². The molecule has 0 saturated carbocycles. The summed E-state index contributed by atoms with van der Waals surface area (Å²) in [6, 6.07) is 5.37. The van der Waals surface area contributed by atoms with E-state index in [9.17, 15) is 0 Å². The van der Waals surface area contributed by atoms with Gasteiger partial charge >= 0.3 is 0 Å². The fourth-order valence-corrected chi connectivity index (χ4v) is 1.05. The molecule has 0 radical (unpaired) electrons. The predicted molar refractivity (Wildman–Crippen MR) is 69.7 cm³/mol. The molecule has 0 aliphatic heterocycles. The van der Waals surface area contributed by atoms with E-state index in [2.05, 4.69) is 20.4 Å². The van der Waals surface area contributed by atoms with Crippen LogP contribution >= 0.6 is 0 Å². The molecule has 0 amide bonds. The van der Waals surface area contributed by atoms with E-state index >= 15 is 0 Å². The Morgan fingerprint density at radius 2 is 2.18 bits per heavy atom. The molecule has 0 atom stereocenters. The summed E-state index contributed by atoms with van der Waals surface area (Å²) in [5.74, 6) is 0.894. The van der Waals surface area contributed by atoms with E-state index in [-0.39, 0.29) is 0 Å². The Morgan fingerprint density at radius 3 is 2.47 bits per heavy atom. The van der Waals surface area contributed by atoms with E-state index in [0.717, 1.165) is 5.96 Å². The standard InChI is InChI=1S/C6H6N2O.C5H13N3/c9-8-5-6-3-1-2-4-7-6;1-6-5(7-2)8(3)4/h1-5,9H;1-4H3,(H,6,7). The number of pyridine rings is 1. The van der Waals surface area contributed by atoms with Crippen molar-refractivity contribution in [1.82, 2.24) is 15.2 Å². The molecule has 17 heavy (non-hydrogen) atoms. The Hall–Kier alpha value is -2.11. The van der Waals surface area contributed by atoms with Gasteiger partial charge < -0.3 is 15.4 Å². The quantitative estimate of drug-likeness (QED) is 0.325. The molecule has 1 heterocycles. The molecular weight excluding hydrogens is 218 g/mol. The van der Waals surface area contributed by atoms with Crippen molar-refractivity contribution in [1.29, 1.82) is 0 Å². The summed E-state index contributed by atoms with van der Waals surface area (Å²) in [5, 5.41) is 13.8. The van der Waals surface area contributed by atoms with E-state index in [1.165, 1.54) is 6.21 Å². The maximum atomic E-state index is 8.05. The number of nitrogens with one attached hydrogen (secondary N) is 1. The van der Waals surface area contributed by atoms with Crippen molar-refractivity contribution in [3.63, 3.8) is 0 Å². The maximum Gasteiger partial charge on any atom is 0.192 e. The monoisotopic (exact) mass is 237 g/mol. The lowest BCUT2D eigenvalue weighted by molar-refractivity contribution is 0.321. The van der Waals surface area contributed by atoms with Gasteiger partial charge in [-0.05, 0) is 12.1 Å². The SMILES string of the molecule is CN=C(NC)N(C)C.ON=Cc1ccccn1. The van der Waals surface area contributed by atoms with Crippen molar-refractivity contribution < 1.29 is 5.21 Å². The molecule has 0 bridgehead atoms. The average molecular weight is 237 g/mol. The number of aliphatic imine (C=N–C) groups is 1. The first-order valence-electron chi connectivity index (χ1n) is 5.06. The third kappa shape index (κ3) is 6.88. The van der Waals surface area contributed by atoms with E-state index in [4.69, 9.17) is 5.21 Å². The van der Waals surface area contributed by atoms with Crippen LogP contribution in [0.25, 0.3) is 0 Å². The zero-order chi connectivity index (χ0) is 13.1. The minimum atomic E-state index is 0.653. The van der Waals surface area contributed by atoms with Crippen LogP contribution in [0.4, 0.5) is 0 Å². The predicted octanol–water partition coefficient (Wildman–Crippen LogP) is 0.643. The summed E-state index contributed by atoms with van der Waals surface area (Å²) in [4.78, 5) is 9.71. The first-order valence-corrected chi connectivity index (χ1v) is 5.06. The number of rotatable bonds is 1. The number of guanidine groups is 1. The van der Waals surface area contributed by atoms with Gasteiger partial charge in [0.25, 0.3) is 0 Å². The minimum Gasteiger partial charge on any atom is -0.411 e. The topological polar surface area (TPSA) is 73.1 Å². The molecular formula is C11H19N5O. The smallest absolute Gasteiger partial charge is 0.192 e. The molecule has 0 fully saturated rings. The average Bonchev–Trinajstić information content (AvgIpc) is 2.33. The van der Waals surface area contributed by atoms with Crippen molar-refractivity contribution >= 4 is 12.2 Å². The molecule has 1 rings (SSSR count). The van der Waals surface area contributed by atoms with Crippen LogP contribution in [0.1, 0.15) is 5.69 Å². The highest BCUT2D eigenvalue weighted by Gasteiger charge is 1.91. The molecule has 0 aromatic carbocycles. The lowest BCUT2D eigenvalue weighted by Gasteiger charge is -2.12. The second-order valence-corrected chi connectivity index (χ2v) is 3.19. The van der Waals surface area contributed by atoms with Crippen molar-refractivity contribution in [2.24, 2.45) is 10.1 Å². The van der Waals surface area contributed by atoms with Gasteiger partial charge in [-0.15, -0.1) is 0 Å². The normalized spacial score (nSPS) is 10.7. The van der Waals surface area contributed by atoms with Crippen molar-refractivity contribution in [2.45, 2.75) is 0 Å². The second kappa shape index (κ2) is 9.14. The lowest BCUT2D eigenvalue weighted by atomic mass is 10.4. The Morgan fingerprint density at radius 1 is 1.47 bits per heavy atom. The molecule has 1 aromatic rings. The highest BCUT2D eigenvalue weighted by Crippen LogP contribution is 1.86. The van der Waals surface area contributed by atoms with Gasteiger partial charge in [0.1, 0.15) is 0 Å². The van der Waals surface area contributed by atoms with Gasteiger partial charge in [-0.3, -0.25) is 9.98 Å². The molecule has 6 nitrogen and oxygen atoms in total. The van der Waals surface area contributed by atoms with Gasteiger partial charge in [0.05, 0.1) is 11.9 Å². The molecule has 0 saturated heterocycles. The third-order valence-electron chi connectivity index (χ3n) is 1.74. The zero-order valence-electron chi connectivity index (χ0n) is 10.6. The van der Waals surface area contributed by atoms with E-state index in [0.29, 0.717) is 5.69 Å². The molecule has 0 aliphatic rings.